The van der Waals surface area contributed by atoms with Gasteiger partial charge in [-0.15, -0.1) is 0 Å². The Kier molecular flexibility index (Phi) is 49.5. The maximum atomic E-state index is 13.7. The van der Waals surface area contributed by atoms with Crippen LogP contribution in [0.5, 0.6) is 5.75 Å². The van der Waals surface area contributed by atoms with Crippen molar-refractivity contribution in [2.45, 2.75) is 223 Å². The van der Waals surface area contributed by atoms with Gasteiger partial charge >= 0.3 is 53.8 Å². The summed E-state index contributed by atoms with van der Waals surface area (Å²) in [4.78, 5) is 129. The molecule has 41 heteroatoms. The molecule has 720 valence electrons. The van der Waals surface area contributed by atoms with E-state index in [0.717, 1.165) is 60.6 Å². The molecule has 3 fully saturated rings. The van der Waals surface area contributed by atoms with E-state index in [4.69, 9.17) is 158 Å². The molecule has 128 heavy (non-hydrogen) atoms. The van der Waals surface area contributed by atoms with Gasteiger partial charge in [0.15, 0.2) is 49.4 Å². The maximum absolute atomic E-state index is 13.7. The van der Waals surface area contributed by atoms with Crippen LogP contribution in [-0.4, -0.2) is 308 Å². The molecule has 3 heterocycles. The first-order chi connectivity index (χ1) is 61.0. The first kappa shape index (κ1) is 109. The molecule has 0 aromatic heterocycles. The molecule has 15 atom stereocenters. The number of anilines is 1. The lowest BCUT2D eigenvalue weighted by Crippen LogP contribution is -2.68. The molecule has 3 saturated heterocycles. The van der Waals surface area contributed by atoms with Crippen molar-refractivity contribution in [3.05, 3.63) is 95.6 Å². The number of benzene rings is 3. The normalized spacial score (nSPS) is 22.4. The van der Waals surface area contributed by atoms with Crippen LogP contribution in [-0.2, 0) is 180 Å². The Hall–Kier alpha value is -7.81. The molecular weight excluding hydrogens is 1760 g/mol. The molecule has 6 rings (SSSR count). The lowest BCUT2D eigenvalue weighted by atomic mass is 9.72. The summed E-state index contributed by atoms with van der Waals surface area (Å²) >= 11 is 17.8. The maximum Gasteiger partial charge on any atom is 0.407 e. The van der Waals surface area contributed by atoms with Gasteiger partial charge in [-0.25, -0.2) is 4.79 Å². The van der Waals surface area contributed by atoms with Gasteiger partial charge in [-0.05, 0) is 64.6 Å². The first-order valence-electron chi connectivity index (χ1n) is 42.0. The van der Waals surface area contributed by atoms with Crippen LogP contribution in [0.1, 0.15) is 125 Å². The second kappa shape index (κ2) is 58.2. The fraction of sp³-hybridized carbons (Fsp3) is 0.678. The highest BCUT2D eigenvalue weighted by atomic mass is 35.6. The number of ether oxygens (including phenoxy) is 26. The Morgan fingerprint density at radius 2 is 0.828 bits per heavy atom. The van der Waals surface area contributed by atoms with E-state index in [0.29, 0.717) is 116 Å². The zero-order valence-electron chi connectivity index (χ0n) is 74.8. The monoisotopic (exact) mass is 1880 g/mol. The summed E-state index contributed by atoms with van der Waals surface area (Å²) in [5, 5.41) is 5.27. The van der Waals surface area contributed by atoms with Crippen molar-refractivity contribution in [2.75, 3.05) is 158 Å². The molecule has 3 aliphatic heterocycles. The van der Waals surface area contributed by atoms with Crippen molar-refractivity contribution < 1.29 is 171 Å². The van der Waals surface area contributed by atoms with E-state index in [1.165, 1.54) is 12.7 Å². The SMILES string of the molecule is CO[C@@H]1O[C@H](CO[C@@H]2O[C@H](COC(C)=O)[C@@H](OC(C)=O)[C@H](OC(C)=O)[C@H]2NC(=O)OCC(Cl)(Cl)Cl)[C@@H](O[C@@H]2O[C@H](COC(C)=O)[C@H](OC(C)=O)[C@H](OC(C)=O)[C@H]2OC(C)=O)[C@H](OCc2ccccc2)[C@H]1OCc1ccc(NC(=O)CCCC(=O)OCCOCCOCCOCCOCCOCCOCCOCCOCCOc2ccc(C(C)(C)CC(C)(C)C)cc2)cc1. The Morgan fingerprint density at radius 3 is 1.30 bits per heavy atom. The standard InChI is InChI=1S/C87H125Cl3N2O36/c1-55(93)114-50-67-73(120-57(3)95)76(122-59(5)97)72(92-84(102)119-54-87(88,89)90)81(125-67)118-52-69-74(128-83-80(124-61(7)99)78(123-60(6)98)75(121-58(4)96)68(127-83)51-115-56(2)94)77(116-48-62-18-15-14-16-19-62)79(82(103-13)126-69)117-49-63-22-26-65(27-23-63)91-70(100)20-17-21-71(101)113-47-45-111-43-41-109-39-37-107-35-33-105-31-30-104-32-34-106-36-38-108-40-42-110-44-46-112-66-28-24-64(25-29-66)86(11,12)53-85(8,9)10/h14-16,18-19,22-29,67-69,72-83H,17,20-21,30-54H2,1-13H3,(H,91,100)(H,92,102)/t67-,68-,69-,72-,73-,74-,75+,76-,77+,78+,79-,80-,81-,82-,83+/m1/s1. The number of hydrogen-bond acceptors (Lipinski definition) is 36. The number of methoxy groups -OCH3 is 1. The van der Waals surface area contributed by atoms with E-state index in [9.17, 15) is 47.9 Å². The van der Waals surface area contributed by atoms with Crippen molar-refractivity contribution in [1.82, 2.24) is 5.32 Å². The third-order valence-electron chi connectivity index (χ3n) is 18.8. The van der Waals surface area contributed by atoms with E-state index in [2.05, 4.69) is 57.4 Å². The van der Waals surface area contributed by atoms with Crippen molar-refractivity contribution in [1.29, 1.82) is 0 Å². The molecule has 2 N–H and O–H groups in total. The largest absolute Gasteiger partial charge is 0.491 e. The molecule has 0 unspecified atom stereocenters. The van der Waals surface area contributed by atoms with Gasteiger partial charge in [-0.2, -0.15) is 0 Å². The van der Waals surface area contributed by atoms with Crippen LogP contribution in [0.25, 0.3) is 0 Å². The minimum Gasteiger partial charge on any atom is -0.491 e. The minimum atomic E-state index is -2.14. The van der Waals surface area contributed by atoms with Crippen LogP contribution in [0.3, 0.4) is 0 Å². The number of alkyl carbamates (subject to hydrolysis) is 1. The molecule has 0 radical (unpaired) electrons. The van der Waals surface area contributed by atoms with Crippen molar-refractivity contribution in [3.63, 3.8) is 0 Å². The molecule has 0 saturated carbocycles. The number of esters is 8. The fourth-order valence-corrected chi connectivity index (χ4v) is 13.9. The minimum absolute atomic E-state index is 0.00580. The summed E-state index contributed by atoms with van der Waals surface area (Å²) < 4.78 is 151. The summed E-state index contributed by atoms with van der Waals surface area (Å²) in [7, 11) is 1.28. The molecule has 2 amide bonds. The van der Waals surface area contributed by atoms with Crippen molar-refractivity contribution in [3.8, 4) is 5.75 Å². The Bertz CT molecular complexity index is 3800. The van der Waals surface area contributed by atoms with Gasteiger partial charge in [0.25, 0.3) is 0 Å². The van der Waals surface area contributed by atoms with E-state index in [1.54, 1.807) is 54.6 Å². The summed E-state index contributed by atoms with van der Waals surface area (Å²) in [5.74, 6) is -6.51. The lowest BCUT2D eigenvalue weighted by Gasteiger charge is -2.49. The number of amides is 2. The summed E-state index contributed by atoms with van der Waals surface area (Å²) in [6, 6.07) is 21.8. The number of alkyl halides is 3. The highest BCUT2D eigenvalue weighted by molar-refractivity contribution is 6.67. The third-order valence-corrected chi connectivity index (χ3v) is 19.1. The van der Waals surface area contributed by atoms with Gasteiger partial charge in [-0.1, -0.05) is 124 Å². The fourth-order valence-electron chi connectivity index (χ4n) is 13.7. The number of hydrogen-bond donors (Lipinski definition) is 2. The topological polar surface area (TPSA) is 435 Å². The highest BCUT2D eigenvalue weighted by Crippen LogP contribution is 2.40. The zero-order valence-corrected chi connectivity index (χ0v) is 77.1. The van der Waals surface area contributed by atoms with Gasteiger partial charge in [0.1, 0.15) is 81.4 Å². The molecule has 3 aliphatic rings. The lowest BCUT2D eigenvalue weighted by molar-refractivity contribution is -0.371. The first-order valence-corrected chi connectivity index (χ1v) is 43.2. The van der Waals surface area contributed by atoms with Gasteiger partial charge in [-0.3, -0.25) is 43.2 Å². The van der Waals surface area contributed by atoms with Crippen LogP contribution in [0.2, 0.25) is 0 Å². The highest BCUT2D eigenvalue weighted by Gasteiger charge is 2.58. The molecule has 0 bridgehead atoms. The zero-order chi connectivity index (χ0) is 93.6. The molecule has 0 aliphatic carbocycles. The average molecular weight is 1880 g/mol. The molecule has 3 aromatic rings. The van der Waals surface area contributed by atoms with Gasteiger partial charge in [0.2, 0.25) is 9.70 Å². The molecule has 38 nitrogen and oxygen atoms in total. The number of nitrogens with one attached hydrogen (secondary N) is 2. The van der Waals surface area contributed by atoms with Crippen LogP contribution >= 0.6 is 34.8 Å². The smallest absolute Gasteiger partial charge is 0.407 e. The molecular formula is C87H125Cl3N2O36. The van der Waals surface area contributed by atoms with Crippen LogP contribution in [0, 0.1) is 5.41 Å². The Labute approximate surface area is 760 Å². The summed E-state index contributed by atoms with van der Waals surface area (Å²) in [6.45, 7) is 21.8. The van der Waals surface area contributed by atoms with Crippen LogP contribution in [0.4, 0.5) is 10.5 Å². The van der Waals surface area contributed by atoms with E-state index < -0.39 is 182 Å². The third kappa shape index (κ3) is 43.0. The van der Waals surface area contributed by atoms with Gasteiger partial charge < -0.3 is 134 Å². The van der Waals surface area contributed by atoms with Crippen LogP contribution < -0.4 is 15.4 Å². The summed E-state index contributed by atoms with van der Waals surface area (Å²) in [5.41, 5.74) is 3.12. The second-order valence-electron chi connectivity index (χ2n) is 31.4. The van der Waals surface area contributed by atoms with E-state index in [1.807, 2.05) is 12.1 Å². The summed E-state index contributed by atoms with van der Waals surface area (Å²) in [6.07, 6.45) is -23.2. The predicted octanol–water partition coefficient (Wildman–Crippen LogP) is 8.21. The van der Waals surface area contributed by atoms with Gasteiger partial charge in [0.05, 0.1) is 126 Å². The predicted molar refractivity (Wildman–Crippen MR) is 452 cm³/mol. The number of rotatable bonds is 58. The van der Waals surface area contributed by atoms with Crippen molar-refractivity contribution in [2.24, 2.45) is 5.41 Å². The number of carbonyl (C=O) groups excluding carboxylic acids is 10. The quantitative estimate of drug-likeness (QED) is 0.0232. The van der Waals surface area contributed by atoms with Crippen LogP contribution in [0.15, 0.2) is 78.9 Å². The molecule has 3 aromatic carbocycles. The number of carbonyl (C=O) groups is 10. The molecule has 0 spiro atoms. The second-order valence-corrected chi connectivity index (χ2v) is 33.9. The van der Waals surface area contributed by atoms with Gasteiger partial charge in [0, 0.05) is 74.1 Å². The average Bonchev–Trinajstić information content (AvgIpc) is 0.771. The van der Waals surface area contributed by atoms with E-state index in [-0.39, 0.29) is 63.1 Å². The van der Waals surface area contributed by atoms with E-state index >= 15 is 0 Å². The number of halogens is 3. The van der Waals surface area contributed by atoms with Crippen molar-refractivity contribution >= 4 is 100 Å². The Balaban J connectivity index is 0.979. The Morgan fingerprint density at radius 1 is 0.398 bits per heavy atom.